The Labute approximate surface area is 143 Å². The summed E-state index contributed by atoms with van der Waals surface area (Å²) in [5, 5.41) is 15.9. The van der Waals surface area contributed by atoms with Crippen LogP contribution in [-0.2, 0) is 35.5 Å². The van der Waals surface area contributed by atoms with Crippen molar-refractivity contribution in [3.8, 4) is 0 Å². The maximum absolute atomic E-state index is 12.2. The number of carbonyl (C=O) groups is 2. The van der Waals surface area contributed by atoms with Crippen molar-refractivity contribution in [3.05, 3.63) is 46.4 Å². The van der Waals surface area contributed by atoms with Gasteiger partial charge >= 0.3 is 11.7 Å². The van der Waals surface area contributed by atoms with Crippen molar-refractivity contribution in [1.29, 1.82) is 0 Å². The van der Waals surface area contributed by atoms with Crippen LogP contribution in [0.25, 0.3) is 0 Å². The standard InChI is InChI=1S/C16H19N5O4/c22-14(10-21-16(25)20-8-2-1-3-13(20)19-21)18-12(15(23)24)9-11-4-6-17-7-5-11/h4-7,12H,1-3,8-10H2,(H,18,22)(H,23,24). The van der Waals surface area contributed by atoms with Gasteiger partial charge in [-0.1, -0.05) is 0 Å². The molecule has 0 saturated carbocycles. The third-order valence-corrected chi connectivity index (χ3v) is 4.15. The zero-order valence-electron chi connectivity index (χ0n) is 13.6. The number of nitrogens with one attached hydrogen (secondary N) is 1. The second-order valence-electron chi connectivity index (χ2n) is 5.98. The number of hydrogen-bond acceptors (Lipinski definition) is 5. The number of aryl methyl sites for hydroxylation is 1. The van der Waals surface area contributed by atoms with Gasteiger partial charge < -0.3 is 10.4 Å². The van der Waals surface area contributed by atoms with Crippen LogP contribution < -0.4 is 11.0 Å². The fourth-order valence-electron chi connectivity index (χ4n) is 2.88. The van der Waals surface area contributed by atoms with E-state index >= 15 is 0 Å². The highest BCUT2D eigenvalue weighted by atomic mass is 16.4. The van der Waals surface area contributed by atoms with Crippen molar-refractivity contribution in [2.75, 3.05) is 0 Å². The van der Waals surface area contributed by atoms with Crippen molar-refractivity contribution < 1.29 is 14.7 Å². The van der Waals surface area contributed by atoms with Crippen molar-refractivity contribution in [1.82, 2.24) is 24.6 Å². The lowest BCUT2D eigenvalue weighted by Gasteiger charge is -2.14. The van der Waals surface area contributed by atoms with Gasteiger partial charge in [-0.2, -0.15) is 5.10 Å². The zero-order valence-corrected chi connectivity index (χ0v) is 13.6. The number of aromatic nitrogens is 4. The number of carbonyl (C=O) groups excluding carboxylic acids is 1. The monoisotopic (exact) mass is 345 g/mol. The first kappa shape index (κ1) is 16.9. The number of aliphatic carboxylic acids is 1. The van der Waals surface area contributed by atoms with Gasteiger partial charge in [0.1, 0.15) is 18.4 Å². The second-order valence-corrected chi connectivity index (χ2v) is 5.98. The van der Waals surface area contributed by atoms with Crippen molar-refractivity contribution in [2.24, 2.45) is 0 Å². The fourth-order valence-corrected chi connectivity index (χ4v) is 2.88. The van der Waals surface area contributed by atoms with Crippen LogP contribution in [0.2, 0.25) is 0 Å². The minimum absolute atomic E-state index is 0.137. The molecule has 1 aliphatic heterocycles. The number of pyridine rings is 1. The molecule has 2 N–H and O–H groups in total. The lowest BCUT2D eigenvalue weighted by Crippen LogP contribution is -2.44. The van der Waals surface area contributed by atoms with Crippen molar-refractivity contribution >= 4 is 11.9 Å². The number of fused-ring (bicyclic) bond motifs is 1. The summed E-state index contributed by atoms with van der Waals surface area (Å²) >= 11 is 0. The van der Waals surface area contributed by atoms with E-state index in [1.54, 1.807) is 29.1 Å². The van der Waals surface area contributed by atoms with E-state index in [4.69, 9.17) is 0 Å². The van der Waals surface area contributed by atoms with E-state index in [0.29, 0.717) is 18.8 Å². The van der Waals surface area contributed by atoms with Crippen LogP contribution in [0.3, 0.4) is 0 Å². The SMILES string of the molecule is O=C(Cn1nc2n(c1=O)CCCC2)NC(Cc1ccncc1)C(=O)O. The predicted octanol–water partition coefficient (Wildman–Crippen LogP) is -0.412. The van der Waals surface area contributed by atoms with E-state index in [1.807, 2.05) is 0 Å². The summed E-state index contributed by atoms with van der Waals surface area (Å²) in [7, 11) is 0. The van der Waals surface area contributed by atoms with Crippen LogP contribution in [0, 0.1) is 0 Å². The molecule has 2 aromatic rings. The molecule has 1 amide bonds. The molecule has 1 aliphatic rings. The minimum Gasteiger partial charge on any atom is -0.480 e. The fraction of sp³-hybridized carbons (Fsp3) is 0.438. The molecule has 0 aliphatic carbocycles. The largest absolute Gasteiger partial charge is 0.480 e. The summed E-state index contributed by atoms with van der Waals surface area (Å²) in [6, 6.07) is 2.30. The molecule has 0 saturated heterocycles. The highest BCUT2D eigenvalue weighted by molar-refractivity contribution is 5.83. The van der Waals surface area contributed by atoms with Gasteiger partial charge in [0.05, 0.1) is 0 Å². The van der Waals surface area contributed by atoms with Gasteiger partial charge in [-0.15, -0.1) is 0 Å². The summed E-state index contributed by atoms with van der Waals surface area (Å²) in [4.78, 5) is 39.7. The Balaban J connectivity index is 1.67. The van der Waals surface area contributed by atoms with Crippen LogP contribution in [0.15, 0.2) is 29.3 Å². The molecule has 25 heavy (non-hydrogen) atoms. The third-order valence-electron chi connectivity index (χ3n) is 4.15. The maximum Gasteiger partial charge on any atom is 0.346 e. The van der Waals surface area contributed by atoms with Crippen molar-refractivity contribution in [3.63, 3.8) is 0 Å². The smallest absolute Gasteiger partial charge is 0.346 e. The van der Waals surface area contributed by atoms with Crippen LogP contribution in [0.1, 0.15) is 24.2 Å². The number of amides is 1. The molecule has 0 spiro atoms. The minimum atomic E-state index is -1.14. The average Bonchev–Trinajstić information content (AvgIpc) is 2.91. The molecular weight excluding hydrogens is 326 g/mol. The lowest BCUT2D eigenvalue weighted by atomic mass is 10.1. The quantitative estimate of drug-likeness (QED) is 0.734. The third kappa shape index (κ3) is 3.93. The summed E-state index contributed by atoms with van der Waals surface area (Å²) in [6.07, 6.45) is 5.85. The molecular formula is C16H19N5O4. The number of hydrogen-bond donors (Lipinski definition) is 2. The molecule has 9 heteroatoms. The predicted molar refractivity (Wildman–Crippen MR) is 86.9 cm³/mol. The summed E-state index contributed by atoms with van der Waals surface area (Å²) in [6.45, 7) is 0.314. The Kier molecular flexibility index (Phi) is 4.92. The summed E-state index contributed by atoms with van der Waals surface area (Å²) in [5.41, 5.74) is 0.420. The van der Waals surface area contributed by atoms with E-state index in [-0.39, 0.29) is 18.7 Å². The van der Waals surface area contributed by atoms with Crippen LogP contribution in [0.5, 0.6) is 0 Å². The second kappa shape index (κ2) is 7.29. The van der Waals surface area contributed by atoms with Crippen LogP contribution in [0.4, 0.5) is 0 Å². The number of rotatable bonds is 6. The van der Waals surface area contributed by atoms with Gasteiger partial charge in [-0.25, -0.2) is 14.3 Å². The molecule has 0 fully saturated rings. The maximum atomic E-state index is 12.2. The first-order valence-electron chi connectivity index (χ1n) is 8.12. The normalized spacial score (nSPS) is 14.6. The molecule has 132 valence electrons. The Morgan fingerprint density at radius 1 is 1.28 bits per heavy atom. The highest BCUT2D eigenvalue weighted by Crippen LogP contribution is 2.09. The van der Waals surface area contributed by atoms with E-state index in [2.05, 4.69) is 15.4 Å². The molecule has 0 bridgehead atoms. The van der Waals surface area contributed by atoms with E-state index < -0.39 is 17.9 Å². The first-order valence-corrected chi connectivity index (χ1v) is 8.12. The molecule has 0 aromatic carbocycles. The van der Waals surface area contributed by atoms with E-state index in [1.165, 1.54) is 0 Å². The molecule has 9 nitrogen and oxygen atoms in total. The Morgan fingerprint density at radius 2 is 2.04 bits per heavy atom. The van der Waals surface area contributed by atoms with Gasteiger partial charge in [-0.05, 0) is 30.5 Å². The molecule has 1 atom stereocenters. The molecule has 3 heterocycles. The van der Waals surface area contributed by atoms with Crippen LogP contribution >= 0.6 is 0 Å². The Bertz CT molecular complexity index is 827. The number of carboxylic acid groups (broad SMARTS) is 1. The first-order chi connectivity index (χ1) is 12.0. The van der Waals surface area contributed by atoms with Gasteiger partial charge in [0, 0.05) is 31.8 Å². The molecule has 3 rings (SSSR count). The van der Waals surface area contributed by atoms with Crippen LogP contribution in [-0.4, -0.2) is 42.4 Å². The average molecular weight is 345 g/mol. The Hall–Kier alpha value is -2.97. The Morgan fingerprint density at radius 3 is 2.72 bits per heavy atom. The van der Waals surface area contributed by atoms with Gasteiger partial charge in [-0.3, -0.25) is 14.3 Å². The van der Waals surface area contributed by atoms with Gasteiger partial charge in [0.25, 0.3) is 0 Å². The summed E-state index contributed by atoms with van der Waals surface area (Å²) in [5.74, 6) is -1.02. The van der Waals surface area contributed by atoms with Gasteiger partial charge in [0.15, 0.2) is 0 Å². The number of carboxylic acids is 1. The van der Waals surface area contributed by atoms with Gasteiger partial charge in [0.2, 0.25) is 5.91 Å². The van der Waals surface area contributed by atoms with E-state index in [0.717, 1.165) is 23.1 Å². The highest BCUT2D eigenvalue weighted by Gasteiger charge is 2.22. The molecule has 2 aromatic heterocycles. The molecule has 0 radical (unpaired) electrons. The number of nitrogens with zero attached hydrogens (tertiary/aromatic N) is 4. The van der Waals surface area contributed by atoms with Crippen molar-refractivity contribution in [2.45, 2.75) is 44.8 Å². The summed E-state index contributed by atoms with van der Waals surface area (Å²) < 4.78 is 2.67. The zero-order chi connectivity index (χ0) is 17.8. The van der Waals surface area contributed by atoms with E-state index in [9.17, 15) is 19.5 Å². The lowest BCUT2D eigenvalue weighted by molar-refractivity contribution is -0.141. The topological polar surface area (TPSA) is 119 Å². The molecule has 1 unspecified atom stereocenters.